The van der Waals surface area contributed by atoms with Gasteiger partial charge in [0.1, 0.15) is 0 Å². The van der Waals surface area contributed by atoms with Gasteiger partial charge in [-0.05, 0) is 31.2 Å². The lowest BCUT2D eigenvalue weighted by Gasteiger charge is -2.07. The number of nitrogens with zero attached hydrogens (tertiary/aromatic N) is 2. The fraction of sp³-hybridized carbons (Fsp3) is 0.429. The summed E-state index contributed by atoms with van der Waals surface area (Å²) >= 11 is 3.38. The van der Waals surface area contributed by atoms with Gasteiger partial charge in [0.25, 0.3) is 5.56 Å². The van der Waals surface area contributed by atoms with Gasteiger partial charge in [0.15, 0.2) is 0 Å². The SMILES string of the molecule is COCCNCCCn1cnc2ccc(Br)cc2c1=O. The second kappa shape index (κ2) is 7.52. The molecule has 1 aromatic carbocycles. The summed E-state index contributed by atoms with van der Waals surface area (Å²) in [7, 11) is 1.68. The molecule has 0 saturated heterocycles. The topological polar surface area (TPSA) is 56.1 Å². The van der Waals surface area contributed by atoms with E-state index >= 15 is 0 Å². The van der Waals surface area contributed by atoms with Crippen LogP contribution in [-0.2, 0) is 11.3 Å². The summed E-state index contributed by atoms with van der Waals surface area (Å²) in [6.07, 6.45) is 2.50. The van der Waals surface area contributed by atoms with Crippen LogP contribution in [0.4, 0.5) is 0 Å². The Morgan fingerprint density at radius 3 is 3.05 bits per heavy atom. The van der Waals surface area contributed by atoms with Gasteiger partial charge in [0, 0.05) is 24.7 Å². The van der Waals surface area contributed by atoms with Crippen molar-refractivity contribution in [2.24, 2.45) is 0 Å². The van der Waals surface area contributed by atoms with Crippen molar-refractivity contribution in [1.82, 2.24) is 14.9 Å². The van der Waals surface area contributed by atoms with E-state index in [1.807, 2.05) is 18.2 Å². The molecule has 0 amide bonds. The number of hydrogen-bond donors (Lipinski definition) is 1. The number of benzene rings is 1. The average molecular weight is 340 g/mol. The quantitative estimate of drug-likeness (QED) is 0.781. The van der Waals surface area contributed by atoms with Crippen LogP contribution in [0.25, 0.3) is 10.9 Å². The minimum absolute atomic E-state index is 0.00758. The summed E-state index contributed by atoms with van der Waals surface area (Å²) < 4.78 is 7.50. The van der Waals surface area contributed by atoms with E-state index < -0.39 is 0 Å². The monoisotopic (exact) mass is 339 g/mol. The van der Waals surface area contributed by atoms with Crippen LogP contribution in [0.5, 0.6) is 0 Å². The van der Waals surface area contributed by atoms with Crippen molar-refractivity contribution in [2.45, 2.75) is 13.0 Å². The summed E-state index contributed by atoms with van der Waals surface area (Å²) in [5.41, 5.74) is 0.737. The van der Waals surface area contributed by atoms with E-state index in [2.05, 4.69) is 26.2 Å². The van der Waals surface area contributed by atoms with Crippen LogP contribution in [0.2, 0.25) is 0 Å². The molecule has 20 heavy (non-hydrogen) atoms. The minimum atomic E-state index is 0.00758. The summed E-state index contributed by atoms with van der Waals surface area (Å²) in [5, 5.41) is 3.90. The number of rotatable bonds is 7. The van der Waals surface area contributed by atoms with Crippen molar-refractivity contribution in [2.75, 3.05) is 26.8 Å². The highest BCUT2D eigenvalue weighted by Gasteiger charge is 2.04. The van der Waals surface area contributed by atoms with E-state index in [0.29, 0.717) is 18.5 Å². The van der Waals surface area contributed by atoms with Crippen molar-refractivity contribution in [1.29, 1.82) is 0 Å². The maximum atomic E-state index is 12.3. The van der Waals surface area contributed by atoms with Gasteiger partial charge in [-0.3, -0.25) is 9.36 Å². The molecule has 2 aromatic rings. The predicted octanol–water partition coefficient (Wildman–Crippen LogP) is 1.79. The molecular weight excluding hydrogens is 322 g/mol. The molecule has 0 aliphatic heterocycles. The molecule has 0 spiro atoms. The predicted molar refractivity (Wildman–Crippen MR) is 83.1 cm³/mol. The highest BCUT2D eigenvalue weighted by atomic mass is 79.9. The second-order valence-electron chi connectivity index (χ2n) is 4.50. The van der Waals surface area contributed by atoms with Gasteiger partial charge in [-0.1, -0.05) is 15.9 Å². The molecule has 108 valence electrons. The van der Waals surface area contributed by atoms with E-state index in [0.717, 1.165) is 29.5 Å². The van der Waals surface area contributed by atoms with Gasteiger partial charge in [-0.2, -0.15) is 0 Å². The molecule has 6 heteroatoms. The van der Waals surface area contributed by atoms with Crippen molar-refractivity contribution >= 4 is 26.8 Å². The van der Waals surface area contributed by atoms with Gasteiger partial charge >= 0.3 is 0 Å². The molecule has 0 unspecified atom stereocenters. The zero-order chi connectivity index (χ0) is 14.4. The van der Waals surface area contributed by atoms with Crippen LogP contribution in [0.3, 0.4) is 0 Å². The van der Waals surface area contributed by atoms with Crippen LogP contribution < -0.4 is 10.9 Å². The standard InChI is InChI=1S/C14H18BrN3O2/c1-20-8-6-16-5-2-7-18-10-17-13-4-3-11(15)9-12(13)14(18)19/h3-4,9-10,16H,2,5-8H2,1H3. The van der Waals surface area contributed by atoms with Crippen molar-refractivity contribution in [3.8, 4) is 0 Å². The second-order valence-corrected chi connectivity index (χ2v) is 5.42. The zero-order valence-corrected chi connectivity index (χ0v) is 13.0. The smallest absolute Gasteiger partial charge is 0.261 e. The normalized spacial score (nSPS) is 11.1. The summed E-state index contributed by atoms with van der Waals surface area (Å²) in [6.45, 7) is 3.04. The van der Waals surface area contributed by atoms with Crippen molar-refractivity contribution < 1.29 is 4.74 Å². The van der Waals surface area contributed by atoms with E-state index in [1.54, 1.807) is 18.0 Å². The van der Waals surface area contributed by atoms with Gasteiger partial charge < -0.3 is 10.1 Å². The first kappa shape index (κ1) is 15.2. The third-order valence-electron chi connectivity index (χ3n) is 3.02. The maximum Gasteiger partial charge on any atom is 0.261 e. The van der Waals surface area contributed by atoms with Crippen LogP contribution >= 0.6 is 15.9 Å². The molecule has 0 radical (unpaired) electrons. The number of aryl methyl sites for hydroxylation is 1. The minimum Gasteiger partial charge on any atom is -0.383 e. The molecule has 5 nitrogen and oxygen atoms in total. The molecule has 0 aliphatic rings. The lowest BCUT2D eigenvalue weighted by molar-refractivity contribution is 0.199. The Bertz CT molecular complexity index is 627. The molecule has 0 fully saturated rings. The van der Waals surface area contributed by atoms with Crippen LogP contribution in [0.1, 0.15) is 6.42 Å². The summed E-state index contributed by atoms with van der Waals surface area (Å²) in [6, 6.07) is 5.55. The Balaban J connectivity index is 2.00. The lowest BCUT2D eigenvalue weighted by atomic mass is 10.2. The Hall–Kier alpha value is -1.24. The van der Waals surface area contributed by atoms with Gasteiger partial charge in [-0.25, -0.2) is 4.98 Å². The first-order valence-corrected chi connectivity index (χ1v) is 7.36. The number of hydrogen-bond acceptors (Lipinski definition) is 4. The first-order valence-electron chi connectivity index (χ1n) is 6.57. The fourth-order valence-electron chi connectivity index (χ4n) is 1.96. The molecular formula is C14H18BrN3O2. The Labute approximate surface area is 126 Å². The van der Waals surface area contributed by atoms with E-state index in [9.17, 15) is 4.79 Å². The lowest BCUT2D eigenvalue weighted by Crippen LogP contribution is -2.25. The molecule has 0 bridgehead atoms. The van der Waals surface area contributed by atoms with Gasteiger partial charge in [0.2, 0.25) is 0 Å². The van der Waals surface area contributed by atoms with E-state index in [4.69, 9.17) is 4.74 Å². The van der Waals surface area contributed by atoms with Crippen molar-refractivity contribution in [3.63, 3.8) is 0 Å². The molecule has 0 aliphatic carbocycles. The molecule has 1 aromatic heterocycles. The van der Waals surface area contributed by atoms with Gasteiger partial charge in [0.05, 0.1) is 23.8 Å². The summed E-state index contributed by atoms with van der Waals surface area (Å²) in [4.78, 5) is 16.6. The third kappa shape index (κ3) is 3.88. The Morgan fingerprint density at radius 2 is 2.25 bits per heavy atom. The molecule has 1 heterocycles. The van der Waals surface area contributed by atoms with Crippen LogP contribution in [0, 0.1) is 0 Å². The molecule has 2 rings (SSSR count). The van der Waals surface area contributed by atoms with Crippen LogP contribution in [-0.4, -0.2) is 36.4 Å². The maximum absolute atomic E-state index is 12.3. The largest absolute Gasteiger partial charge is 0.383 e. The highest BCUT2D eigenvalue weighted by Crippen LogP contribution is 2.14. The fourth-order valence-corrected chi connectivity index (χ4v) is 2.33. The van der Waals surface area contributed by atoms with Gasteiger partial charge in [-0.15, -0.1) is 0 Å². The summed E-state index contributed by atoms with van der Waals surface area (Å²) in [5.74, 6) is 0. The number of nitrogens with one attached hydrogen (secondary N) is 1. The average Bonchev–Trinajstić information content (AvgIpc) is 2.45. The molecule has 0 saturated carbocycles. The van der Waals surface area contributed by atoms with Crippen molar-refractivity contribution in [3.05, 3.63) is 39.4 Å². The van der Waals surface area contributed by atoms with E-state index in [-0.39, 0.29) is 5.56 Å². The number of ether oxygens (including phenoxy) is 1. The Morgan fingerprint density at radius 1 is 1.40 bits per heavy atom. The molecule has 1 N–H and O–H groups in total. The first-order chi connectivity index (χ1) is 9.72. The number of methoxy groups -OCH3 is 1. The van der Waals surface area contributed by atoms with Crippen LogP contribution in [0.15, 0.2) is 33.8 Å². The highest BCUT2D eigenvalue weighted by molar-refractivity contribution is 9.10. The molecule has 0 atom stereocenters. The zero-order valence-electron chi connectivity index (χ0n) is 11.4. The number of aromatic nitrogens is 2. The number of halogens is 1. The third-order valence-corrected chi connectivity index (χ3v) is 3.51. The Kier molecular flexibility index (Phi) is 5.70. The van der Waals surface area contributed by atoms with E-state index in [1.165, 1.54) is 0 Å². The number of fused-ring (bicyclic) bond motifs is 1.